The number of carbonyl (C=O) groups is 1. The zero-order valence-corrected chi connectivity index (χ0v) is 9.94. The lowest BCUT2D eigenvalue weighted by molar-refractivity contribution is -0.135. The molecule has 0 spiro atoms. The lowest BCUT2D eigenvalue weighted by Crippen LogP contribution is -2.51. The molecule has 1 atom stereocenters. The van der Waals surface area contributed by atoms with E-state index < -0.39 is 0 Å². The average Bonchev–Trinajstić information content (AvgIpc) is 2.66. The van der Waals surface area contributed by atoms with Gasteiger partial charge in [-0.05, 0) is 31.4 Å². The highest BCUT2D eigenvalue weighted by Crippen LogP contribution is 2.40. The van der Waals surface area contributed by atoms with E-state index in [0.717, 1.165) is 25.8 Å². The first kappa shape index (κ1) is 11.3. The fourth-order valence-corrected chi connectivity index (χ4v) is 3.53. The topological polar surface area (TPSA) is 55.1 Å². The zero-order valence-electron chi connectivity index (χ0n) is 9.13. The summed E-state index contributed by atoms with van der Waals surface area (Å²) < 4.78 is 0. The molecule has 2 rings (SSSR count). The van der Waals surface area contributed by atoms with Crippen molar-refractivity contribution in [3.05, 3.63) is 0 Å². The summed E-state index contributed by atoms with van der Waals surface area (Å²) in [7, 11) is 0. The zero-order chi connectivity index (χ0) is 10.7. The van der Waals surface area contributed by atoms with Crippen molar-refractivity contribution in [1.82, 2.24) is 5.32 Å². The van der Waals surface area contributed by atoms with E-state index in [-0.39, 0.29) is 11.3 Å². The van der Waals surface area contributed by atoms with Crippen LogP contribution in [0.5, 0.6) is 0 Å². The minimum absolute atomic E-state index is 0.198. The predicted molar refractivity (Wildman–Crippen MR) is 63.8 cm³/mol. The molecule has 3 N–H and O–H groups in total. The van der Waals surface area contributed by atoms with Crippen molar-refractivity contribution in [2.24, 2.45) is 11.1 Å². The second kappa shape index (κ2) is 4.74. The molecule has 1 unspecified atom stereocenters. The molecule has 1 saturated heterocycles. The number of thioether (sulfide) groups is 1. The van der Waals surface area contributed by atoms with Gasteiger partial charge < -0.3 is 11.1 Å². The van der Waals surface area contributed by atoms with Gasteiger partial charge in [0.15, 0.2) is 0 Å². The minimum Gasteiger partial charge on any atom is -0.354 e. The van der Waals surface area contributed by atoms with Crippen LogP contribution in [0, 0.1) is 5.41 Å². The largest absolute Gasteiger partial charge is 0.354 e. The number of hydrogen-bond acceptors (Lipinski definition) is 3. The monoisotopic (exact) mass is 228 g/mol. The van der Waals surface area contributed by atoms with Gasteiger partial charge in [-0.25, -0.2) is 0 Å². The normalized spacial score (nSPS) is 28.5. The van der Waals surface area contributed by atoms with Gasteiger partial charge in [-0.2, -0.15) is 11.8 Å². The molecule has 15 heavy (non-hydrogen) atoms. The average molecular weight is 228 g/mol. The van der Waals surface area contributed by atoms with E-state index in [1.165, 1.54) is 18.6 Å². The van der Waals surface area contributed by atoms with E-state index in [1.807, 2.05) is 11.8 Å². The van der Waals surface area contributed by atoms with Crippen molar-refractivity contribution in [3.8, 4) is 0 Å². The SMILES string of the molecule is NCC1(C(=O)NCC2CCCS2)CCC1. The Morgan fingerprint density at radius 3 is 2.73 bits per heavy atom. The summed E-state index contributed by atoms with van der Waals surface area (Å²) in [5, 5.41) is 3.72. The lowest BCUT2D eigenvalue weighted by atomic mass is 9.68. The van der Waals surface area contributed by atoms with E-state index in [4.69, 9.17) is 5.73 Å². The molecule has 1 aliphatic carbocycles. The van der Waals surface area contributed by atoms with Gasteiger partial charge in [0.05, 0.1) is 5.41 Å². The summed E-state index contributed by atoms with van der Waals surface area (Å²) in [4.78, 5) is 11.9. The molecule has 0 aromatic carbocycles. The molecule has 4 heteroatoms. The van der Waals surface area contributed by atoms with E-state index in [2.05, 4.69) is 5.32 Å². The van der Waals surface area contributed by atoms with Crippen LogP contribution in [0.3, 0.4) is 0 Å². The Morgan fingerprint density at radius 2 is 2.27 bits per heavy atom. The Morgan fingerprint density at radius 1 is 1.47 bits per heavy atom. The molecule has 0 radical (unpaired) electrons. The highest BCUT2D eigenvalue weighted by molar-refractivity contribution is 8.00. The first-order chi connectivity index (χ1) is 7.27. The van der Waals surface area contributed by atoms with Crippen molar-refractivity contribution >= 4 is 17.7 Å². The summed E-state index contributed by atoms with van der Waals surface area (Å²) in [6.45, 7) is 1.35. The Bertz CT molecular complexity index is 229. The summed E-state index contributed by atoms with van der Waals surface area (Å²) in [6.07, 6.45) is 5.66. The maximum absolute atomic E-state index is 11.9. The molecule has 1 heterocycles. The quantitative estimate of drug-likeness (QED) is 0.758. The van der Waals surface area contributed by atoms with Gasteiger partial charge in [-0.1, -0.05) is 6.42 Å². The highest BCUT2D eigenvalue weighted by Gasteiger charge is 2.42. The molecule has 0 aromatic rings. The second-order valence-corrected chi connectivity index (χ2v) is 6.09. The van der Waals surface area contributed by atoms with Crippen molar-refractivity contribution in [2.75, 3.05) is 18.8 Å². The van der Waals surface area contributed by atoms with Crippen LogP contribution < -0.4 is 11.1 Å². The molecule has 2 fully saturated rings. The number of amides is 1. The number of carbonyl (C=O) groups excluding carboxylic acids is 1. The lowest BCUT2D eigenvalue weighted by Gasteiger charge is -2.39. The first-order valence-electron chi connectivity index (χ1n) is 5.87. The van der Waals surface area contributed by atoms with E-state index in [1.54, 1.807) is 0 Å². The van der Waals surface area contributed by atoms with Gasteiger partial charge in [0, 0.05) is 18.3 Å². The van der Waals surface area contributed by atoms with Crippen molar-refractivity contribution < 1.29 is 4.79 Å². The maximum Gasteiger partial charge on any atom is 0.227 e. The van der Waals surface area contributed by atoms with Crippen LogP contribution in [0.15, 0.2) is 0 Å². The number of nitrogens with one attached hydrogen (secondary N) is 1. The summed E-state index contributed by atoms with van der Waals surface area (Å²) in [6, 6.07) is 0. The molecule has 0 bridgehead atoms. The third-order valence-corrected chi connectivity index (χ3v) is 5.10. The van der Waals surface area contributed by atoms with Gasteiger partial charge in [0.2, 0.25) is 5.91 Å². The predicted octanol–water partition coefficient (Wildman–Crippen LogP) is 1.13. The molecule has 3 nitrogen and oxygen atoms in total. The van der Waals surface area contributed by atoms with Gasteiger partial charge >= 0.3 is 0 Å². The van der Waals surface area contributed by atoms with Crippen LogP contribution in [0.2, 0.25) is 0 Å². The minimum atomic E-state index is -0.205. The van der Waals surface area contributed by atoms with Crippen molar-refractivity contribution in [3.63, 3.8) is 0 Å². The van der Waals surface area contributed by atoms with Crippen molar-refractivity contribution in [1.29, 1.82) is 0 Å². The Balaban J connectivity index is 1.76. The standard InChI is InChI=1S/C11H20N2OS/c12-8-11(4-2-5-11)10(14)13-7-9-3-1-6-15-9/h9H,1-8,12H2,(H,13,14). The van der Waals surface area contributed by atoms with Crippen LogP contribution in [0.4, 0.5) is 0 Å². The van der Waals surface area contributed by atoms with Crippen LogP contribution >= 0.6 is 11.8 Å². The first-order valence-corrected chi connectivity index (χ1v) is 6.92. The van der Waals surface area contributed by atoms with Crippen LogP contribution in [-0.2, 0) is 4.79 Å². The van der Waals surface area contributed by atoms with E-state index in [0.29, 0.717) is 11.8 Å². The highest BCUT2D eigenvalue weighted by atomic mass is 32.2. The van der Waals surface area contributed by atoms with Gasteiger partial charge in [-0.3, -0.25) is 4.79 Å². The fraction of sp³-hybridized carbons (Fsp3) is 0.909. The Labute approximate surface area is 95.6 Å². The van der Waals surface area contributed by atoms with E-state index in [9.17, 15) is 4.79 Å². The van der Waals surface area contributed by atoms with Crippen LogP contribution in [0.1, 0.15) is 32.1 Å². The molecule has 1 aliphatic heterocycles. The molecule has 1 saturated carbocycles. The van der Waals surface area contributed by atoms with Gasteiger partial charge in [0.1, 0.15) is 0 Å². The smallest absolute Gasteiger partial charge is 0.227 e. The molecular weight excluding hydrogens is 208 g/mol. The van der Waals surface area contributed by atoms with Gasteiger partial charge in [-0.15, -0.1) is 0 Å². The molecule has 1 amide bonds. The molecule has 2 aliphatic rings. The van der Waals surface area contributed by atoms with Crippen molar-refractivity contribution in [2.45, 2.75) is 37.4 Å². The molecule has 86 valence electrons. The van der Waals surface area contributed by atoms with E-state index >= 15 is 0 Å². The third-order valence-electron chi connectivity index (χ3n) is 3.70. The van der Waals surface area contributed by atoms with Crippen LogP contribution in [0.25, 0.3) is 0 Å². The summed E-state index contributed by atoms with van der Waals surface area (Å²) in [5.41, 5.74) is 5.48. The molecule has 0 aromatic heterocycles. The number of hydrogen-bond donors (Lipinski definition) is 2. The maximum atomic E-state index is 11.9. The Kier molecular flexibility index (Phi) is 3.57. The summed E-state index contributed by atoms with van der Waals surface area (Å²) in [5.74, 6) is 1.45. The van der Waals surface area contributed by atoms with Crippen LogP contribution in [-0.4, -0.2) is 30.0 Å². The molecular formula is C11H20N2OS. The number of nitrogens with two attached hydrogens (primary N) is 1. The second-order valence-electron chi connectivity index (χ2n) is 4.68. The Hall–Kier alpha value is -0.220. The number of rotatable bonds is 4. The summed E-state index contributed by atoms with van der Waals surface area (Å²) >= 11 is 1.98. The fourth-order valence-electron chi connectivity index (χ4n) is 2.33. The third kappa shape index (κ3) is 2.31. The van der Waals surface area contributed by atoms with Gasteiger partial charge in [0.25, 0.3) is 0 Å².